The Labute approximate surface area is 109 Å². The van der Waals surface area contributed by atoms with Crippen LogP contribution in [0.5, 0.6) is 0 Å². The molecule has 0 saturated heterocycles. The van der Waals surface area contributed by atoms with Crippen molar-refractivity contribution in [2.75, 3.05) is 6.54 Å². The molecule has 0 aromatic heterocycles. The quantitative estimate of drug-likeness (QED) is 0.479. The summed E-state index contributed by atoms with van der Waals surface area (Å²) in [7, 11) is 0. The van der Waals surface area contributed by atoms with Gasteiger partial charge in [0, 0.05) is 23.9 Å². The molecule has 5 heteroatoms. The molecule has 0 radical (unpaired) electrons. The minimum atomic E-state index is -0.444. The number of rotatable bonds is 4. The highest BCUT2D eigenvalue weighted by molar-refractivity contribution is 7.99. The highest BCUT2D eigenvalue weighted by Gasteiger charge is 2.15. The van der Waals surface area contributed by atoms with Crippen LogP contribution in [0.1, 0.15) is 48.0 Å². The van der Waals surface area contributed by atoms with Crippen LogP contribution in [0.4, 0.5) is 4.79 Å². The number of alkyl carbamates (subject to hydrolysis) is 1. The van der Waals surface area contributed by atoms with E-state index in [2.05, 4.69) is 30.5 Å². The molecule has 0 unspecified atom stereocenters. The zero-order valence-electron chi connectivity index (χ0n) is 11.7. The maximum Gasteiger partial charge on any atom is 0.407 e. The lowest BCUT2D eigenvalue weighted by Crippen LogP contribution is -2.33. The molecule has 0 atom stereocenters. The molecule has 1 amide bonds. The van der Waals surface area contributed by atoms with Crippen molar-refractivity contribution < 1.29 is 9.53 Å². The summed E-state index contributed by atoms with van der Waals surface area (Å²) in [5, 5.41) is 2.68. The van der Waals surface area contributed by atoms with Gasteiger partial charge in [0.05, 0.1) is 0 Å². The number of carbonyl (C=O) groups excluding carboxylic acids is 1. The summed E-state index contributed by atoms with van der Waals surface area (Å²) in [6.45, 7) is 12.4. The largest absolute Gasteiger partial charge is 0.444 e. The average molecular weight is 260 g/mol. The monoisotopic (exact) mass is 260 g/mol. The van der Waals surface area contributed by atoms with E-state index >= 15 is 0 Å². The molecule has 0 heterocycles. The first-order valence-corrected chi connectivity index (χ1v) is 6.54. The van der Waals surface area contributed by atoms with Gasteiger partial charge in [0.15, 0.2) is 0 Å². The summed E-state index contributed by atoms with van der Waals surface area (Å²) in [6.07, 6.45) is 2.14. The number of ether oxygens (including phenoxy) is 1. The number of nitrogens with zero attached hydrogens (tertiary/aromatic N) is 1. The SMILES string of the molecule is CC(C)(C)OC(=O)NCCC=NSC(C)(C)C. The van der Waals surface area contributed by atoms with Gasteiger partial charge in [-0.05, 0) is 53.5 Å². The normalized spacial score (nSPS) is 12.8. The van der Waals surface area contributed by atoms with Crippen LogP contribution >= 0.6 is 11.9 Å². The summed E-state index contributed by atoms with van der Waals surface area (Å²) in [4.78, 5) is 11.3. The van der Waals surface area contributed by atoms with Crippen LogP contribution in [0.3, 0.4) is 0 Å². The first-order chi connectivity index (χ1) is 7.60. The zero-order valence-corrected chi connectivity index (χ0v) is 12.5. The smallest absolute Gasteiger partial charge is 0.407 e. The number of nitrogens with one attached hydrogen (secondary N) is 1. The van der Waals surface area contributed by atoms with E-state index in [0.29, 0.717) is 13.0 Å². The zero-order chi connectivity index (χ0) is 13.5. The molecule has 0 rings (SSSR count). The lowest BCUT2D eigenvalue weighted by molar-refractivity contribution is 0.0529. The van der Waals surface area contributed by atoms with Crippen molar-refractivity contribution in [3.8, 4) is 0 Å². The van der Waals surface area contributed by atoms with Crippen molar-refractivity contribution in [1.82, 2.24) is 5.32 Å². The minimum Gasteiger partial charge on any atom is -0.444 e. The van der Waals surface area contributed by atoms with Crippen LogP contribution < -0.4 is 5.32 Å². The van der Waals surface area contributed by atoms with Gasteiger partial charge in [0.25, 0.3) is 0 Å². The third-order valence-corrected chi connectivity index (χ3v) is 2.14. The van der Waals surface area contributed by atoms with Crippen molar-refractivity contribution in [2.45, 2.75) is 58.3 Å². The van der Waals surface area contributed by atoms with Crippen molar-refractivity contribution in [3.63, 3.8) is 0 Å². The van der Waals surface area contributed by atoms with E-state index in [9.17, 15) is 4.79 Å². The third kappa shape index (κ3) is 13.2. The van der Waals surface area contributed by atoms with Crippen LogP contribution in [0.15, 0.2) is 4.40 Å². The summed E-state index contributed by atoms with van der Waals surface area (Å²) in [5.41, 5.74) is -0.444. The summed E-state index contributed by atoms with van der Waals surface area (Å²) in [5.74, 6) is 0. The standard InChI is InChI=1S/C12H24N2O2S/c1-11(2,3)16-10(15)13-8-7-9-14-17-12(4,5)6/h9H,7-8H2,1-6H3,(H,13,15). The third-order valence-electron chi connectivity index (χ3n) is 1.34. The molecule has 1 N–H and O–H groups in total. The van der Waals surface area contributed by atoms with Gasteiger partial charge in [-0.25, -0.2) is 9.19 Å². The fourth-order valence-corrected chi connectivity index (χ4v) is 1.30. The molecule has 0 aliphatic rings. The van der Waals surface area contributed by atoms with Crippen molar-refractivity contribution in [2.24, 2.45) is 4.40 Å². The van der Waals surface area contributed by atoms with Crippen molar-refractivity contribution in [1.29, 1.82) is 0 Å². The topological polar surface area (TPSA) is 50.7 Å². The van der Waals surface area contributed by atoms with Crippen molar-refractivity contribution >= 4 is 24.3 Å². The van der Waals surface area contributed by atoms with E-state index in [1.165, 1.54) is 11.9 Å². The maximum absolute atomic E-state index is 11.3. The Balaban J connectivity index is 3.62. The van der Waals surface area contributed by atoms with Crippen LogP contribution in [0.2, 0.25) is 0 Å². The van der Waals surface area contributed by atoms with Crippen LogP contribution in [-0.4, -0.2) is 29.2 Å². The molecule has 0 spiro atoms. The Morgan fingerprint density at radius 3 is 2.35 bits per heavy atom. The number of hydrogen-bond donors (Lipinski definition) is 1. The number of amides is 1. The van der Waals surface area contributed by atoms with Gasteiger partial charge in [-0.1, -0.05) is 0 Å². The molecule has 4 nitrogen and oxygen atoms in total. The van der Waals surface area contributed by atoms with Gasteiger partial charge < -0.3 is 10.1 Å². The second-order valence-corrected chi connectivity index (χ2v) is 7.33. The molecule has 17 heavy (non-hydrogen) atoms. The summed E-state index contributed by atoms with van der Waals surface area (Å²) in [6, 6.07) is 0. The van der Waals surface area contributed by atoms with E-state index in [-0.39, 0.29) is 10.8 Å². The van der Waals surface area contributed by atoms with Gasteiger partial charge in [0.2, 0.25) is 0 Å². The fourth-order valence-electron chi connectivity index (χ4n) is 0.801. The van der Waals surface area contributed by atoms with E-state index < -0.39 is 5.60 Å². The van der Waals surface area contributed by atoms with E-state index in [4.69, 9.17) is 4.74 Å². The van der Waals surface area contributed by atoms with Gasteiger partial charge in [-0.15, -0.1) is 0 Å². The Kier molecular flexibility index (Phi) is 6.60. The summed E-state index contributed by atoms with van der Waals surface area (Å²) >= 11 is 1.53. The highest BCUT2D eigenvalue weighted by atomic mass is 32.2. The molecule has 0 bridgehead atoms. The minimum absolute atomic E-state index is 0.134. The first kappa shape index (κ1) is 16.3. The van der Waals surface area contributed by atoms with E-state index in [1.54, 1.807) is 0 Å². The fraction of sp³-hybridized carbons (Fsp3) is 0.833. The van der Waals surface area contributed by atoms with Gasteiger partial charge in [-0.2, -0.15) is 0 Å². The molecule has 0 aromatic carbocycles. The van der Waals surface area contributed by atoms with Crippen molar-refractivity contribution in [3.05, 3.63) is 0 Å². The Hall–Kier alpha value is -0.710. The van der Waals surface area contributed by atoms with Crippen LogP contribution in [0, 0.1) is 0 Å². The Bertz CT molecular complexity index is 265. The predicted molar refractivity (Wildman–Crippen MR) is 74.7 cm³/mol. The average Bonchev–Trinajstić information content (AvgIpc) is 2.06. The van der Waals surface area contributed by atoms with E-state index in [0.717, 1.165) is 0 Å². The predicted octanol–water partition coefficient (Wildman–Crippen LogP) is 3.42. The molecule has 0 aliphatic heterocycles. The number of hydrogen-bond acceptors (Lipinski definition) is 4. The van der Waals surface area contributed by atoms with Gasteiger partial charge in [0.1, 0.15) is 5.60 Å². The lowest BCUT2D eigenvalue weighted by atomic mass is 10.2. The maximum atomic E-state index is 11.3. The number of carbonyl (C=O) groups is 1. The van der Waals surface area contributed by atoms with Gasteiger partial charge in [-0.3, -0.25) is 0 Å². The molecule has 100 valence electrons. The van der Waals surface area contributed by atoms with Crippen LogP contribution in [0.25, 0.3) is 0 Å². The molecule has 0 saturated carbocycles. The lowest BCUT2D eigenvalue weighted by Gasteiger charge is -2.19. The first-order valence-electron chi connectivity index (χ1n) is 5.77. The molecular weight excluding hydrogens is 236 g/mol. The van der Waals surface area contributed by atoms with E-state index in [1.807, 2.05) is 27.0 Å². The van der Waals surface area contributed by atoms with Crippen LogP contribution in [-0.2, 0) is 4.74 Å². The molecule has 0 aliphatic carbocycles. The second kappa shape index (κ2) is 6.89. The molecule has 0 fully saturated rings. The Morgan fingerprint density at radius 2 is 1.88 bits per heavy atom. The molecular formula is C12H24N2O2S. The highest BCUT2D eigenvalue weighted by Crippen LogP contribution is 2.23. The van der Waals surface area contributed by atoms with Gasteiger partial charge >= 0.3 is 6.09 Å². The summed E-state index contributed by atoms with van der Waals surface area (Å²) < 4.78 is 9.45. The second-order valence-electron chi connectivity index (χ2n) is 5.71. The molecule has 0 aromatic rings. The Morgan fingerprint density at radius 1 is 1.29 bits per heavy atom.